The Morgan fingerprint density at radius 1 is 1.32 bits per heavy atom. The van der Waals surface area contributed by atoms with Gasteiger partial charge in [-0.25, -0.2) is 4.98 Å². The fourth-order valence-electron chi connectivity index (χ4n) is 1.92. The first-order chi connectivity index (χ1) is 9.10. The highest BCUT2D eigenvalue weighted by Crippen LogP contribution is 2.29. The molecular formula is C15H17NO2S. The topological polar surface area (TPSA) is 50.2 Å². The third kappa shape index (κ3) is 3.41. The van der Waals surface area contributed by atoms with Crippen LogP contribution in [0.5, 0.6) is 0 Å². The second-order valence-corrected chi connectivity index (χ2v) is 5.73. The maximum atomic E-state index is 11.0. The number of carboxylic acid groups (broad SMARTS) is 1. The lowest BCUT2D eigenvalue weighted by molar-refractivity contribution is -0.136. The molecule has 0 spiro atoms. The van der Waals surface area contributed by atoms with Crippen LogP contribution in [0.25, 0.3) is 11.3 Å². The van der Waals surface area contributed by atoms with Crippen LogP contribution in [0.1, 0.15) is 28.8 Å². The molecule has 1 N–H and O–H groups in total. The third-order valence-electron chi connectivity index (χ3n) is 2.84. The van der Waals surface area contributed by atoms with Gasteiger partial charge >= 0.3 is 5.97 Å². The van der Waals surface area contributed by atoms with Gasteiger partial charge in [0, 0.05) is 10.4 Å². The number of aromatic nitrogens is 1. The van der Waals surface area contributed by atoms with Crippen LogP contribution in [-0.4, -0.2) is 16.1 Å². The van der Waals surface area contributed by atoms with Crippen molar-refractivity contribution in [2.75, 3.05) is 0 Å². The Labute approximate surface area is 116 Å². The normalized spacial score (nSPS) is 10.6. The summed E-state index contributed by atoms with van der Waals surface area (Å²) in [5.74, 6) is -0.805. The summed E-state index contributed by atoms with van der Waals surface area (Å²) in [6.45, 7) is 4.13. The molecule has 0 saturated carbocycles. The summed E-state index contributed by atoms with van der Waals surface area (Å²) < 4.78 is 0. The summed E-state index contributed by atoms with van der Waals surface area (Å²) >= 11 is 1.52. The van der Waals surface area contributed by atoms with Crippen molar-refractivity contribution in [3.8, 4) is 11.3 Å². The number of hydrogen-bond acceptors (Lipinski definition) is 3. The van der Waals surface area contributed by atoms with E-state index in [-0.39, 0.29) is 6.42 Å². The zero-order valence-corrected chi connectivity index (χ0v) is 12.0. The van der Waals surface area contributed by atoms with Gasteiger partial charge in [0.1, 0.15) is 0 Å². The number of aryl methyl sites for hydroxylation is 2. The molecule has 0 saturated heterocycles. The van der Waals surface area contributed by atoms with E-state index >= 15 is 0 Å². The van der Waals surface area contributed by atoms with E-state index in [0.717, 1.165) is 34.0 Å². The first-order valence-corrected chi connectivity index (χ1v) is 7.19. The van der Waals surface area contributed by atoms with E-state index < -0.39 is 5.97 Å². The summed E-state index contributed by atoms with van der Waals surface area (Å²) in [7, 11) is 0. The Balaban J connectivity index is 2.41. The highest BCUT2D eigenvalue weighted by Gasteiger charge is 2.15. The van der Waals surface area contributed by atoms with E-state index in [1.807, 2.05) is 31.2 Å². The van der Waals surface area contributed by atoms with Gasteiger partial charge in [-0.3, -0.25) is 4.79 Å². The number of carbonyl (C=O) groups is 1. The predicted molar refractivity (Wildman–Crippen MR) is 77.6 cm³/mol. The molecule has 100 valence electrons. The number of carboxylic acids is 1. The molecule has 1 heterocycles. The van der Waals surface area contributed by atoms with E-state index in [2.05, 4.69) is 11.9 Å². The quantitative estimate of drug-likeness (QED) is 0.905. The zero-order valence-electron chi connectivity index (χ0n) is 11.1. The van der Waals surface area contributed by atoms with Gasteiger partial charge in [0.2, 0.25) is 0 Å². The highest BCUT2D eigenvalue weighted by molar-refractivity contribution is 7.12. The Bertz CT molecular complexity index is 572. The van der Waals surface area contributed by atoms with Gasteiger partial charge in [-0.15, -0.1) is 11.3 Å². The molecule has 3 nitrogen and oxygen atoms in total. The molecule has 0 radical (unpaired) electrons. The van der Waals surface area contributed by atoms with Crippen molar-refractivity contribution < 1.29 is 9.90 Å². The summed E-state index contributed by atoms with van der Waals surface area (Å²) in [6.07, 6.45) is 1.97. The minimum absolute atomic E-state index is 0.0462. The lowest BCUT2D eigenvalue weighted by atomic mass is 10.1. The lowest BCUT2D eigenvalue weighted by Gasteiger charge is -2.01. The van der Waals surface area contributed by atoms with Gasteiger partial charge in [-0.05, 0) is 19.8 Å². The maximum Gasteiger partial charge on any atom is 0.308 e. The van der Waals surface area contributed by atoms with E-state index in [0.29, 0.717) is 0 Å². The van der Waals surface area contributed by atoms with Gasteiger partial charge in [0.25, 0.3) is 0 Å². The average molecular weight is 275 g/mol. The molecule has 0 bridgehead atoms. The maximum absolute atomic E-state index is 11.0. The van der Waals surface area contributed by atoms with Crippen LogP contribution in [0.2, 0.25) is 0 Å². The SMILES string of the molecule is CCCc1nc(-c2ccc(C)cc2)c(CC(=O)O)s1. The van der Waals surface area contributed by atoms with Crippen LogP contribution in [0.4, 0.5) is 0 Å². The number of aliphatic carboxylic acids is 1. The van der Waals surface area contributed by atoms with Crippen molar-refractivity contribution in [2.45, 2.75) is 33.1 Å². The molecule has 0 aliphatic carbocycles. The van der Waals surface area contributed by atoms with Gasteiger partial charge in [-0.2, -0.15) is 0 Å². The molecule has 1 aromatic heterocycles. The summed E-state index contributed by atoms with van der Waals surface area (Å²) in [6, 6.07) is 8.06. The van der Waals surface area contributed by atoms with Crippen molar-refractivity contribution in [3.05, 3.63) is 39.7 Å². The second-order valence-electron chi connectivity index (χ2n) is 4.57. The highest BCUT2D eigenvalue weighted by atomic mass is 32.1. The largest absolute Gasteiger partial charge is 0.481 e. The van der Waals surface area contributed by atoms with Crippen molar-refractivity contribution in [2.24, 2.45) is 0 Å². The van der Waals surface area contributed by atoms with E-state index in [1.54, 1.807) is 0 Å². The van der Waals surface area contributed by atoms with Crippen LogP contribution in [0.15, 0.2) is 24.3 Å². The molecule has 2 rings (SSSR count). The Morgan fingerprint density at radius 2 is 2.00 bits per heavy atom. The van der Waals surface area contributed by atoms with Crippen LogP contribution in [0, 0.1) is 6.92 Å². The number of nitrogens with zero attached hydrogens (tertiary/aromatic N) is 1. The van der Waals surface area contributed by atoms with Gasteiger partial charge < -0.3 is 5.11 Å². The molecule has 0 unspecified atom stereocenters. The standard InChI is InChI=1S/C15H17NO2S/c1-3-4-13-16-15(12(19-13)9-14(17)18)11-7-5-10(2)6-8-11/h5-8H,3-4,9H2,1-2H3,(H,17,18). The summed E-state index contributed by atoms with van der Waals surface area (Å²) in [5.41, 5.74) is 3.02. The fraction of sp³-hybridized carbons (Fsp3) is 0.333. The fourth-order valence-corrected chi connectivity index (χ4v) is 3.10. The summed E-state index contributed by atoms with van der Waals surface area (Å²) in [5, 5.41) is 10.0. The predicted octanol–water partition coefficient (Wildman–Crippen LogP) is 3.70. The second kappa shape index (κ2) is 5.97. The van der Waals surface area contributed by atoms with Crippen LogP contribution in [0.3, 0.4) is 0 Å². The van der Waals surface area contributed by atoms with E-state index in [9.17, 15) is 4.79 Å². The molecule has 0 fully saturated rings. The van der Waals surface area contributed by atoms with Crippen molar-refractivity contribution >= 4 is 17.3 Å². The molecule has 0 atom stereocenters. The molecule has 1 aromatic carbocycles. The molecule has 19 heavy (non-hydrogen) atoms. The Hall–Kier alpha value is -1.68. The van der Waals surface area contributed by atoms with Gasteiger partial charge in [-0.1, -0.05) is 36.8 Å². The molecule has 2 aromatic rings. The van der Waals surface area contributed by atoms with E-state index in [4.69, 9.17) is 5.11 Å². The first-order valence-electron chi connectivity index (χ1n) is 6.37. The molecule has 0 amide bonds. The Morgan fingerprint density at radius 3 is 2.58 bits per heavy atom. The molecular weight excluding hydrogens is 258 g/mol. The van der Waals surface area contributed by atoms with Crippen molar-refractivity contribution in [3.63, 3.8) is 0 Å². The minimum Gasteiger partial charge on any atom is -0.481 e. The van der Waals surface area contributed by atoms with Crippen LogP contribution < -0.4 is 0 Å². The van der Waals surface area contributed by atoms with Gasteiger partial charge in [0.15, 0.2) is 0 Å². The first kappa shape index (κ1) is 13.7. The van der Waals surface area contributed by atoms with Crippen LogP contribution in [-0.2, 0) is 17.6 Å². The molecule has 0 aliphatic rings. The average Bonchev–Trinajstić information content (AvgIpc) is 2.72. The third-order valence-corrected chi connectivity index (χ3v) is 3.96. The number of hydrogen-bond donors (Lipinski definition) is 1. The number of thiazole rings is 1. The minimum atomic E-state index is -0.805. The molecule has 0 aliphatic heterocycles. The lowest BCUT2D eigenvalue weighted by Crippen LogP contribution is -1.99. The van der Waals surface area contributed by atoms with Gasteiger partial charge in [0.05, 0.1) is 17.1 Å². The number of rotatable bonds is 5. The smallest absolute Gasteiger partial charge is 0.308 e. The zero-order chi connectivity index (χ0) is 13.8. The molecule has 4 heteroatoms. The van der Waals surface area contributed by atoms with E-state index in [1.165, 1.54) is 16.9 Å². The monoisotopic (exact) mass is 275 g/mol. The Kier molecular flexibility index (Phi) is 4.32. The summed E-state index contributed by atoms with van der Waals surface area (Å²) in [4.78, 5) is 16.4. The number of benzene rings is 1. The van der Waals surface area contributed by atoms with Crippen LogP contribution >= 0.6 is 11.3 Å². The van der Waals surface area contributed by atoms with Crippen molar-refractivity contribution in [1.82, 2.24) is 4.98 Å². The van der Waals surface area contributed by atoms with Crippen molar-refractivity contribution in [1.29, 1.82) is 0 Å².